The Hall–Kier alpha value is -1.78. The van der Waals surface area contributed by atoms with Gasteiger partial charge in [-0.1, -0.05) is 26.7 Å². The molecule has 0 saturated carbocycles. The Morgan fingerprint density at radius 3 is 2.58 bits per heavy atom. The molecule has 19 heavy (non-hydrogen) atoms. The van der Waals surface area contributed by atoms with Crippen LogP contribution in [0.25, 0.3) is 0 Å². The molecular weight excluding hydrogens is 244 g/mol. The van der Waals surface area contributed by atoms with E-state index in [-0.39, 0.29) is 22.9 Å². The first-order valence-electron chi connectivity index (χ1n) is 6.82. The summed E-state index contributed by atoms with van der Waals surface area (Å²) in [6.45, 7) is 5.04. The fourth-order valence-electron chi connectivity index (χ4n) is 1.75. The van der Waals surface area contributed by atoms with Gasteiger partial charge in [-0.25, -0.2) is 0 Å². The molecule has 0 aliphatic rings. The highest BCUT2D eigenvalue weighted by Gasteiger charge is 2.14. The van der Waals surface area contributed by atoms with Crippen molar-refractivity contribution >= 4 is 5.91 Å². The van der Waals surface area contributed by atoms with E-state index in [0.717, 1.165) is 25.7 Å². The zero-order valence-corrected chi connectivity index (χ0v) is 11.6. The van der Waals surface area contributed by atoms with Crippen molar-refractivity contribution in [3.63, 3.8) is 0 Å². The molecule has 0 radical (unpaired) electrons. The first-order valence-corrected chi connectivity index (χ1v) is 6.82. The predicted molar refractivity (Wildman–Crippen MR) is 74.5 cm³/mol. The van der Waals surface area contributed by atoms with Crippen LogP contribution in [-0.4, -0.2) is 22.1 Å². The van der Waals surface area contributed by atoms with Crippen LogP contribution in [0.5, 0.6) is 5.88 Å². The summed E-state index contributed by atoms with van der Waals surface area (Å²) in [5.74, 6) is -0.578. The van der Waals surface area contributed by atoms with Crippen molar-refractivity contribution in [1.82, 2.24) is 9.88 Å². The van der Waals surface area contributed by atoms with E-state index in [2.05, 4.69) is 5.32 Å². The number of hydrogen-bond acceptors (Lipinski definition) is 3. The molecule has 0 aliphatic heterocycles. The van der Waals surface area contributed by atoms with Crippen LogP contribution < -0.4 is 10.9 Å². The lowest BCUT2D eigenvalue weighted by molar-refractivity contribution is 0.0948. The number of aromatic nitrogens is 1. The van der Waals surface area contributed by atoms with Crippen molar-refractivity contribution in [2.45, 2.75) is 46.1 Å². The van der Waals surface area contributed by atoms with Crippen LogP contribution in [0.3, 0.4) is 0 Å². The van der Waals surface area contributed by atoms with Crippen LogP contribution in [0.2, 0.25) is 0 Å². The van der Waals surface area contributed by atoms with Crippen LogP contribution in [0, 0.1) is 0 Å². The fourth-order valence-corrected chi connectivity index (χ4v) is 1.75. The summed E-state index contributed by atoms with van der Waals surface area (Å²) >= 11 is 0. The second-order valence-corrected chi connectivity index (χ2v) is 4.52. The monoisotopic (exact) mass is 266 g/mol. The third kappa shape index (κ3) is 4.12. The van der Waals surface area contributed by atoms with Crippen LogP contribution >= 0.6 is 0 Å². The molecule has 1 amide bonds. The van der Waals surface area contributed by atoms with Gasteiger partial charge < -0.3 is 10.4 Å². The summed E-state index contributed by atoms with van der Waals surface area (Å²) in [4.78, 5) is 23.5. The maximum atomic E-state index is 11.9. The largest absolute Gasteiger partial charge is 0.494 e. The molecule has 0 aliphatic carbocycles. The smallest absolute Gasteiger partial charge is 0.256 e. The van der Waals surface area contributed by atoms with Gasteiger partial charge in [0, 0.05) is 19.2 Å². The second-order valence-electron chi connectivity index (χ2n) is 4.52. The molecule has 2 N–H and O–H groups in total. The molecule has 0 fully saturated rings. The molecule has 0 atom stereocenters. The van der Waals surface area contributed by atoms with Crippen LogP contribution in [0.1, 0.15) is 49.9 Å². The van der Waals surface area contributed by atoms with Gasteiger partial charge in [0.25, 0.3) is 11.5 Å². The minimum absolute atomic E-state index is 0.159. The van der Waals surface area contributed by atoms with Gasteiger partial charge in [-0.15, -0.1) is 0 Å². The highest BCUT2D eigenvalue weighted by atomic mass is 16.3. The summed E-state index contributed by atoms with van der Waals surface area (Å²) in [6.07, 6.45) is 3.58. The van der Waals surface area contributed by atoms with E-state index in [4.69, 9.17) is 0 Å². The average Bonchev–Trinajstić information content (AvgIpc) is 2.39. The van der Waals surface area contributed by atoms with E-state index in [1.54, 1.807) is 0 Å². The third-order valence-corrected chi connectivity index (χ3v) is 2.95. The number of aromatic hydroxyl groups is 1. The number of amides is 1. The van der Waals surface area contributed by atoms with Crippen LogP contribution in [0.4, 0.5) is 0 Å². The molecule has 1 aromatic heterocycles. The van der Waals surface area contributed by atoms with Crippen molar-refractivity contribution in [3.8, 4) is 5.88 Å². The molecular formula is C14H22N2O3. The Labute approximate surface area is 113 Å². The zero-order valence-electron chi connectivity index (χ0n) is 11.6. The van der Waals surface area contributed by atoms with Gasteiger partial charge in [-0.3, -0.25) is 14.2 Å². The summed E-state index contributed by atoms with van der Waals surface area (Å²) < 4.78 is 1.25. The highest BCUT2D eigenvalue weighted by Crippen LogP contribution is 2.14. The van der Waals surface area contributed by atoms with Crippen molar-refractivity contribution in [3.05, 3.63) is 28.0 Å². The summed E-state index contributed by atoms with van der Waals surface area (Å²) in [6, 6.07) is 2.70. The first kappa shape index (κ1) is 15.3. The number of nitrogens with zero attached hydrogens (tertiary/aromatic N) is 1. The lowest BCUT2D eigenvalue weighted by Crippen LogP contribution is -2.27. The number of carbonyl (C=O) groups excluding carboxylic acids is 1. The standard InChI is InChI=1S/C14H22N2O3/c1-3-5-9-15-13(18)11-7-8-12(17)16(14(11)19)10-6-4-2/h7-8,19H,3-6,9-10H2,1-2H3,(H,15,18). The fraction of sp³-hybridized carbons (Fsp3) is 0.571. The minimum atomic E-state index is -0.337. The van der Waals surface area contributed by atoms with Gasteiger partial charge in [-0.2, -0.15) is 0 Å². The summed E-state index contributed by atoms with van der Waals surface area (Å²) in [7, 11) is 0. The summed E-state index contributed by atoms with van der Waals surface area (Å²) in [5.41, 5.74) is -0.122. The van der Waals surface area contributed by atoms with Crippen molar-refractivity contribution in [2.75, 3.05) is 6.54 Å². The maximum absolute atomic E-state index is 11.9. The van der Waals surface area contributed by atoms with Crippen LogP contribution in [0.15, 0.2) is 16.9 Å². The SMILES string of the molecule is CCCCNC(=O)c1ccc(=O)n(CCCC)c1O. The Morgan fingerprint density at radius 2 is 1.95 bits per heavy atom. The van der Waals surface area contributed by atoms with E-state index in [1.165, 1.54) is 16.7 Å². The molecule has 1 rings (SSSR count). The van der Waals surface area contributed by atoms with Gasteiger partial charge in [-0.05, 0) is 18.9 Å². The molecule has 0 saturated heterocycles. The van der Waals surface area contributed by atoms with Gasteiger partial charge in [0.1, 0.15) is 0 Å². The normalized spacial score (nSPS) is 10.4. The number of pyridine rings is 1. The number of unbranched alkanes of at least 4 members (excludes halogenated alkanes) is 2. The Kier molecular flexibility index (Phi) is 6.12. The van der Waals surface area contributed by atoms with E-state index >= 15 is 0 Å². The molecule has 5 heteroatoms. The number of rotatable bonds is 7. The highest BCUT2D eigenvalue weighted by molar-refractivity contribution is 5.96. The van der Waals surface area contributed by atoms with Gasteiger partial charge in [0.15, 0.2) is 0 Å². The van der Waals surface area contributed by atoms with Gasteiger partial charge in [0.05, 0.1) is 5.56 Å². The van der Waals surface area contributed by atoms with Gasteiger partial charge >= 0.3 is 0 Å². The molecule has 0 spiro atoms. The van der Waals surface area contributed by atoms with E-state index in [9.17, 15) is 14.7 Å². The number of carbonyl (C=O) groups is 1. The third-order valence-electron chi connectivity index (χ3n) is 2.95. The Morgan fingerprint density at radius 1 is 1.26 bits per heavy atom. The average molecular weight is 266 g/mol. The molecule has 0 unspecified atom stereocenters. The van der Waals surface area contributed by atoms with Crippen LogP contribution in [-0.2, 0) is 6.54 Å². The second kappa shape index (κ2) is 7.61. The summed E-state index contributed by atoms with van der Waals surface area (Å²) in [5, 5.41) is 12.8. The molecule has 1 heterocycles. The van der Waals surface area contributed by atoms with E-state index in [0.29, 0.717) is 13.1 Å². The number of nitrogens with one attached hydrogen (secondary N) is 1. The molecule has 106 valence electrons. The molecule has 1 aromatic rings. The lowest BCUT2D eigenvalue weighted by atomic mass is 10.2. The van der Waals surface area contributed by atoms with Crippen molar-refractivity contribution in [1.29, 1.82) is 0 Å². The Bertz CT molecular complexity index is 480. The Balaban J connectivity index is 2.90. The first-order chi connectivity index (χ1) is 9.11. The maximum Gasteiger partial charge on any atom is 0.256 e. The van der Waals surface area contributed by atoms with Gasteiger partial charge in [0.2, 0.25) is 5.88 Å². The lowest BCUT2D eigenvalue weighted by Gasteiger charge is -2.11. The number of hydrogen-bond donors (Lipinski definition) is 2. The van der Waals surface area contributed by atoms with Crippen molar-refractivity contribution < 1.29 is 9.90 Å². The quantitative estimate of drug-likeness (QED) is 0.740. The van der Waals surface area contributed by atoms with Crippen molar-refractivity contribution in [2.24, 2.45) is 0 Å². The predicted octanol–water partition coefficient (Wildman–Crippen LogP) is 1.88. The molecule has 5 nitrogen and oxygen atoms in total. The van der Waals surface area contributed by atoms with E-state index < -0.39 is 0 Å². The topological polar surface area (TPSA) is 71.3 Å². The molecule has 0 aromatic carbocycles. The van der Waals surface area contributed by atoms with E-state index in [1.807, 2.05) is 13.8 Å². The minimum Gasteiger partial charge on any atom is -0.494 e. The molecule has 0 bridgehead atoms. The zero-order chi connectivity index (χ0) is 14.3.